The first-order chi connectivity index (χ1) is 9.49. The van der Waals surface area contributed by atoms with Crippen molar-refractivity contribution in [3.8, 4) is 0 Å². The third-order valence-electron chi connectivity index (χ3n) is 3.44. The van der Waals surface area contributed by atoms with E-state index < -0.39 is 11.6 Å². The van der Waals surface area contributed by atoms with E-state index in [1.165, 1.54) is 12.1 Å². The summed E-state index contributed by atoms with van der Waals surface area (Å²) in [6.07, 6.45) is 0.967. The van der Waals surface area contributed by atoms with Crippen LogP contribution >= 0.6 is 0 Å². The second kappa shape index (κ2) is 8.29. The van der Waals surface area contributed by atoms with Gasteiger partial charge in [0.05, 0.1) is 0 Å². The summed E-state index contributed by atoms with van der Waals surface area (Å²) in [6, 6.07) is 3.27. The van der Waals surface area contributed by atoms with E-state index in [0.717, 1.165) is 32.1 Å². The van der Waals surface area contributed by atoms with Crippen molar-refractivity contribution in [3.05, 3.63) is 35.4 Å². The minimum absolute atomic E-state index is 0.274. The molecule has 1 aromatic rings. The molecule has 1 atom stereocenters. The number of hydrogen-bond acceptors (Lipinski definition) is 3. The Morgan fingerprint density at radius 1 is 1.20 bits per heavy atom. The number of benzene rings is 1. The average molecular weight is 285 g/mol. The Morgan fingerprint density at radius 2 is 1.90 bits per heavy atom. The van der Waals surface area contributed by atoms with Crippen molar-refractivity contribution in [2.24, 2.45) is 5.73 Å². The minimum Gasteiger partial charge on any atom is -0.329 e. The van der Waals surface area contributed by atoms with Gasteiger partial charge in [-0.25, -0.2) is 8.78 Å². The molecule has 1 unspecified atom stereocenters. The molecule has 0 aliphatic rings. The Kier molecular flexibility index (Phi) is 7.05. The number of nitrogens with zero attached hydrogens (tertiary/aromatic N) is 2. The lowest BCUT2D eigenvalue weighted by Gasteiger charge is -2.30. The Morgan fingerprint density at radius 3 is 2.45 bits per heavy atom. The average Bonchev–Trinajstić information content (AvgIpc) is 2.41. The largest absolute Gasteiger partial charge is 0.329 e. The van der Waals surface area contributed by atoms with Crippen LogP contribution in [0.3, 0.4) is 0 Å². The predicted octanol–water partition coefficient (Wildman–Crippen LogP) is 2.24. The van der Waals surface area contributed by atoms with Gasteiger partial charge in [-0.1, -0.05) is 6.92 Å². The maximum Gasteiger partial charge on any atom is 0.128 e. The van der Waals surface area contributed by atoms with E-state index in [4.69, 9.17) is 5.73 Å². The van der Waals surface area contributed by atoms with Gasteiger partial charge < -0.3 is 10.6 Å². The van der Waals surface area contributed by atoms with E-state index in [2.05, 4.69) is 9.80 Å². The monoisotopic (exact) mass is 285 g/mol. The topological polar surface area (TPSA) is 32.5 Å². The summed E-state index contributed by atoms with van der Waals surface area (Å²) < 4.78 is 27.2. The molecule has 3 nitrogen and oxygen atoms in total. The van der Waals surface area contributed by atoms with E-state index in [0.29, 0.717) is 5.56 Å². The number of hydrogen-bond donors (Lipinski definition) is 1. The molecule has 2 N–H and O–H groups in total. The Hall–Kier alpha value is -1.04. The van der Waals surface area contributed by atoms with Gasteiger partial charge in [-0.3, -0.25) is 4.90 Å². The summed E-state index contributed by atoms with van der Waals surface area (Å²) in [6.45, 7) is 4.81. The summed E-state index contributed by atoms with van der Waals surface area (Å²) in [5, 5.41) is 0. The van der Waals surface area contributed by atoms with Crippen molar-refractivity contribution in [1.82, 2.24) is 9.80 Å². The van der Waals surface area contributed by atoms with Crippen LogP contribution in [0.25, 0.3) is 0 Å². The van der Waals surface area contributed by atoms with Crippen LogP contribution in [0.4, 0.5) is 8.78 Å². The van der Waals surface area contributed by atoms with E-state index >= 15 is 0 Å². The van der Waals surface area contributed by atoms with Gasteiger partial charge in [0.25, 0.3) is 0 Å². The lowest BCUT2D eigenvalue weighted by atomic mass is 10.0. The van der Waals surface area contributed by atoms with Crippen LogP contribution in [0.1, 0.15) is 24.9 Å². The van der Waals surface area contributed by atoms with Crippen LogP contribution in [-0.4, -0.2) is 50.1 Å². The zero-order valence-corrected chi connectivity index (χ0v) is 12.6. The first-order valence-corrected chi connectivity index (χ1v) is 7.03. The molecule has 5 heteroatoms. The molecule has 0 fully saturated rings. The van der Waals surface area contributed by atoms with Gasteiger partial charge in [0.15, 0.2) is 0 Å². The highest BCUT2D eigenvalue weighted by Gasteiger charge is 2.21. The quantitative estimate of drug-likeness (QED) is 0.795. The van der Waals surface area contributed by atoms with Crippen molar-refractivity contribution in [1.29, 1.82) is 0 Å². The van der Waals surface area contributed by atoms with E-state index in [9.17, 15) is 8.78 Å². The van der Waals surface area contributed by atoms with Crippen LogP contribution in [0.5, 0.6) is 0 Å². The van der Waals surface area contributed by atoms with Crippen LogP contribution in [0.15, 0.2) is 18.2 Å². The fraction of sp³-hybridized carbons (Fsp3) is 0.600. The summed E-state index contributed by atoms with van der Waals surface area (Å²) in [4.78, 5) is 4.20. The zero-order valence-electron chi connectivity index (χ0n) is 12.6. The third kappa shape index (κ3) is 4.81. The molecular weight excluding hydrogens is 260 g/mol. The number of halogens is 2. The van der Waals surface area contributed by atoms with Gasteiger partial charge in [-0.05, 0) is 51.8 Å². The maximum absolute atomic E-state index is 13.9. The number of likely N-dealkylation sites (N-methyl/N-ethyl adjacent to an activating group) is 1. The standard InChI is InChI=1S/C15H25F2N3/c1-4-20(9-5-8-19(2)3)15(11-18)13-10-12(16)6-7-14(13)17/h6-7,10,15H,4-5,8-9,11,18H2,1-3H3. The molecule has 0 bridgehead atoms. The van der Waals surface area contributed by atoms with Gasteiger partial charge in [-0.15, -0.1) is 0 Å². The normalized spacial score (nSPS) is 13.2. The first-order valence-electron chi connectivity index (χ1n) is 7.03. The highest BCUT2D eigenvalue weighted by atomic mass is 19.1. The van der Waals surface area contributed by atoms with Crippen molar-refractivity contribution >= 4 is 0 Å². The second-order valence-corrected chi connectivity index (χ2v) is 5.20. The van der Waals surface area contributed by atoms with Crippen molar-refractivity contribution in [2.75, 3.05) is 40.3 Å². The lowest BCUT2D eigenvalue weighted by molar-refractivity contribution is 0.197. The summed E-state index contributed by atoms with van der Waals surface area (Å²) >= 11 is 0. The van der Waals surface area contributed by atoms with Crippen molar-refractivity contribution in [3.63, 3.8) is 0 Å². The molecule has 1 rings (SSSR count). The Balaban J connectivity index is 2.82. The van der Waals surface area contributed by atoms with Crippen LogP contribution in [-0.2, 0) is 0 Å². The Labute approximate surface area is 120 Å². The van der Waals surface area contributed by atoms with Gasteiger partial charge in [0, 0.05) is 24.7 Å². The summed E-state index contributed by atoms with van der Waals surface area (Å²) in [5.74, 6) is -0.822. The molecule has 114 valence electrons. The molecule has 0 amide bonds. The number of rotatable bonds is 8. The molecule has 20 heavy (non-hydrogen) atoms. The number of nitrogens with two attached hydrogens (primary N) is 1. The van der Waals surface area contributed by atoms with Crippen LogP contribution in [0, 0.1) is 11.6 Å². The Bertz CT molecular complexity index is 410. The fourth-order valence-corrected chi connectivity index (χ4v) is 2.37. The lowest BCUT2D eigenvalue weighted by Crippen LogP contribution is -2.36. The van der Waals surface area contributed by atoms with E-state index in [1.807, 2.05) is 21.0 Å². The summed E-state index contributed by atoms with van der Waals surface area (Å²) in [5.41, 5.74) is 6.14. The van der Waals surface area contributed by atoms with Gasteiger partial charge in [-0.2, -0.15) is 0 Å². The molecule has 0 radical (unpaired) electrons. The molecule has 0 aliphatic heterocycles. The van der Waals surface area contributed by atoms with Crippen LogP contribution < -0.4 is 5.73 Å². The van der Waals surface area contributed by atoms with Crippen LogP contribution in [0.2, 0.25) is 0 Å². The van der Waals surface area contributed by atoms with Gasteiger partial charge in [0.2, 0.25) is 0 Å². The van der Waals surface area contributed by atoms with Gasteiger partial charge in [0.1, 0.15) is 11.6 Å². The highest BCUT2D eigenvalue weighted by molar-refractivity contribution is 5.23. The minimum atomic E-state index is -0.427. The van der Waals surface area contributed by atoms with Gasteiger partial charge >= 0.3 is 0 Å². The second-order valence-electron chi connectivity index (χ2n) is 5.20. The fourth-order valence-electron chi connectivity index (χ4n) is 2.37. The third-order valence-corrected chi connectivity index (χ3v) is 3.44. The van der Waals surface area contributed by atoms with Crippen molar-refractivity contribution in [2.45, 2.75) is 19.4 Å². The molecule has 0 saturated heterocycles. The summed E-state index contributed by atoms with van der Waals surface area (Å²) in [7, 11) is 4.03. The maximum atomic E-state index is 13.9. The smallest absolute Gasteiger partial charge is 0.128 e. The van der Waals surface area contributed by atoms with Crippen molar-refractivity contribution < 1.29 is 8.78 Å². The molecule has 0 saturated carbocycles. The molecule has 1 aromatic carbocycles. The zero-order chi connectivity index (χ0) is 15.1. The molecule has 0 aromatic heterocycles. The predicted molar refractivity (Wildman–Crippen MR) is 78.6 cm³/mol. The molecule has 0 aliphatic carbocycles. The highest BCUT2D eigenvalue weighted by Crippen LogP contribution is 2.23. The SMILES string of the molecule is CCN(CCCN(C)C)C(CN)c1cc(F)ccc1F. The molecule has 0 heterocycles. The van der Waals surface area contributed by atoms with E-state index in [1.54, 1.807) is 0 Å². The molecule has 0 spiro atoms. The van der Waals surface area contributed by atoms with E-state index in [-0.39, 0.29) is 12.6 Å². The first kappa shape index (κ1) is 17.0. The molecular formula is C15H25F2N3.